The van der Waals surface area contributed by atoms with Crippen molar-refractivity contribution in [3.05, 3.63) is 63.3 Å². The molecule has 2 heterocycles. The normalized spacial score (nSPS) is 13.1. The molecule has 4 nitrogen and oxygen atoms in total. The number of hydrogen-bond acceptors (Lipinski definition) is 5. The van der Waals surface area contributed by atoms with E-state index in [1.807, 2.05) is 24.3 Å². The number of thiophene rings is 1. The van der Waals surface area contributed by atoms with Gasteiger partial charge in [-0.15, -0.1) is 17.9 Å². The third kappa shape index (κ3) is 2.97. The number of methoxy groups -OCH3 is 1. The second-order valence-corrected chi connectivity index (χ2v) is 8.26. The fraction of sp³-hybridized carbons (Fsp3) is 0.300. The first-order chi connectivity index (χ1) is 12.7. The molecule has 2 aromatic heterocycles. The standard InChI is InChI=1S/C20H20N2O2S2/c1-3-11-22-19(23)17-14-8-6-10-16(14)26-18(17)21-20(22)25-12-13-7-4-5-9-15(13)24-2/h3-5,7,9H,1,6,8,10-12H2,2H3. The summed E-state index contributed by atoms with van der Waals surface area (Å²) in [5.74, 6) is 1.55. The quantitative estimate of drug-likeness (QED) is 0.358. The van der Waals surface area contributed by atoms with Gasteiger partial charge in [0, 0.05) is 22.7 Å². The molecule has 0 unspecified atom stereocenters. The first kappa shape index (κ1) is 17.4. The van der Waals surface area contributed by atoms with E-state index in [2.05, 4.69) is 6.58 Å². The molecule has 1 aromatic carbocycles. The van der Waals surface area contributed by atoms with Crippen molar-refractivity contribution in [2.45, 2.75) is 36.7 Å². The average Bonchev–Trinajstić information content (AvgIpc) is 3.23. The van der Waals surface area contributed by atoms with Crippen molar-refractivity contribution in [3.63, 3.8) is 0 Å². The number of allylic oxidation sites excluding steroid dienone is 1. The van der Waals surface area contributed by atoms with Gasteiger partial charge in [0.2, 0.25) is 0 Å². The average molecular weight is 385 g/mol. The molecule has 0 saturated carbocycles. The van der Waals surface area contributed by atoms with Crippen LogP contribution in [0.3, 0.4) is 0 Å². The number of para-hydroxylation sites is 1. The van der Waals surface area contributed by atoms with Crippen molar-refractivity contribution in [1.82, 2.24) is 9.55 Å². The van der Waals surface area contributed by atoms with Gasteiger partial charge in [-0.2, -0.15) is 0 Å². The Balaban J connectivity index is 1.75. The lowest BCUT2D eigenvalue weighted by Gasteiger charge is -2.12. The maximum Gasteiger partial charge on any atom is 0.263 e. The molecule has 0 bridgehead atoms. The van der Waals surface area contributed by atoms with Gasteiger partial charge in [-0.3, -0.25) is 9.36 Å². The van der Waals surface area contributed by atoms with Crippen LogP contribution in [0.15, 0.2) is 46.9 Å². The van der Waals surface area contributed by atoms with Crippen LogP contribution in [0, 0.1) is 0 Å². The van der Waals surface area contributed by atoms with Gasteiger partial charge in [-0.05, 0) is 30.9 Å². The van der Waals surface area contributed by atoms with Gasteiger partial charge < -0.3 is 4.74 Å². The Morgan fingerprint density at radius 1 is 1.38 bits per heavy atom. The lowest BCUT2D eigenvalue weighted by Crippen LogP contribution is -2.22. The minimum Gasteiger partial charge on any atom is -0.496 e. The predicted molar refractivity (Wildman–Crippen MR) is 109 cm³/mol. The molecule has 0 N–H and O–H groups in total. The number of benzene rings is 1. The van der Waals surface area contributed by atoms with E-state index in [0.29, 0.717) is 12.3 Å². The fourth-order valence-corrected chi connectivity index (χ4v) is 5.72. The van der Waals surface area contributed by atoms with Gasteiger partial charge in [0.15, 0.2) is 5.16 Å². The summed E-state index contributed by atoms with van der Waals surface area (Å²) in [7, 11) is 1.68. The van der Waals surface area contributed by atoms with Crippen molar-refractivity contribution < 1.29 is 4.74 Å². The Kier molecular flexibility index (Phi) is 4.87. The Bertz CT molecular complexity index is 1040. The van der Waals surface area contributed by atoms with Crippen molar-refractivity contribution in [1.29, 1.82) is 0 Å². The first-order valence-electron chi connectivity index (χ1n) is 8.63. The Hall–Kier alpha value is -2.05. The lowest BCUT2D eigenvalue weighted by atomic mass is 10.2. The van der Waals surface area contributed by atoms with Crippen molar-refractivity contribution in [3.8, 4) is 5.75 Å². The number of hydrogen-bond donors (Lipinski definition) is 0. The maximum absolute atomic E-state index is 13.1. The van der Waals surface area contributed by atoms with Crippen molar-refractivity contribution in [2.24, 2.45) is 0 Å². The second kappa shape index (κ2) is 7.29. The number of aromatic nitrogens is 2. The Morgan fingerprint density at radius 2 is 2.23 bits per heavy atom. The topological polar surface area (TPSA) is 44.1 Å². The van der Waals surface area contributed by atoms with E-state index < -0.39 is 0 Å². The van der Waals surface area contributed by atoms with E-state index in [-0.39, 0.29) is 5.56 Å². The zero-order chi connectivity index (χ0) is 18.1. The molecule has 0 fully saturated rings. The number of rotatable bonds is 6. The highest BCUT2D eigenvalue weighted by Crippen LogP contribution is 2.36. The summed E-state index contributed by atoms with van der Waals surface area (Å²) in [4.78, 5) is 20.2. The molecule has 4 rings (SSSR count). The third-order valence-corrected chi connectivity index (χ3v) is 6.86. The maximum atomic E-state index is 13.1. The molecular formula is C20H20N2O2S2. The summed E-state index contributed by atoms with van der Waals surface area (Å²) in [6, 6.07) is 7.95. The zero-order valence-electron chi connectivity index (χ0n) is 14.7. The summed E-state index contributed by atoms with van der Waals surface area (Å²) in [6.07, 6.45) is 4.96. The van der Waals surface area contributed by atoms with Crippen LogP contribution in [0.4, 0.5) is 0 Å². The van der Waals surface area contributed by atoms with Gasteiger partial charge >= 0.3 is 0 Å². The number of ether oxygens (including phenoxy) is 1. The summed E-state index contributed by atoms with van der Waals surface area (Å²) < 4.78 is 7.18. The van der Waals surface area contributed by atoms with Gasteiger partial charge in [0.25, 0.3) is 5.56 Å². The molecule has 26 heavy (non-hydrogen) atoms. The van der Waals surface area contributed by atoms with E-state index in [0.717, 1.165) is 45.9 Å². The molecule has 1 aliphatic rings. The Labute approximate surface area is 160 Å². The highest BCUT2D eigenvalue weighted by atomic mass is 32.2. The summed E-state index contributed by atoms with van der Waals surface area (Å²) in [5, 5.41) is 1.57. The van der Waals surface area contributed by atoms with Crippen LogP contribution in [0.2, 0.25) is 0 Å². The highest BCUT2D eigenvalue weighted by molar-refractivity contribution is 7.98. The van der Waals surface area contributed by atoms with Gasteiger partial charge in [0.1, 0.15) is 10.6 Å². The van der Waals surface area contributed by atoms with Crippen LogP contribution in [0.1, 0.15) is 22.4 Å². The van der Waals surface area contributed by atoms with E-state index in [1.54, 1.807) is 40.9 Å². The number of aryl methyl sites for hydroxylation is 2. The summed E-state index contributed by atoms with van der Waals surface area (Å²) in [6.45, 7) is 4.28. The smallest absolute Gasteiger partial charge is 0.263 e. The number of fused-ring (bicyclic) bond motifs is 3. The minimum atomic E-state index is 0.0665. The minimum absolute atomic E-state index is 0.0665. The SMILES string of the molecule is C=CCn1c(SCc2ccccc2OC)nc2sc3c(c2c1=O)CCC3. The predicted octanol–water partition coefficient (Wildman–Crippen LogP) is 4.43. The molecule has 0 atom stereocenters. The molecule has 0 spiro atoms. The molecule has 6 heteroatoms. The molecule has 0 aliphatic heterocycles. The van der Waals surface area contributed by atoms with E-state index in [9.17, 15) is 4.79 Å². The van der Waals surface area contributed by atoms with E-state index in [4.69, 9.17) is 9.72 Å². The van der Waals surface area contributed by atoms with Crippen LogP contribution in [-0.2, 0) is 25.1 Å². The third-order valence-electron chi connectivity index (χ3n) is 4.65. The van der Waals surface area contributed by atoms with Crippen LogP contribution in [0.25, 0.3) is 10.2 Å². The van der Waals surface area contributed by atoms with Gasteiger partial charge in [0.05, 0.1) is 12.5 Å². The summed E-state index contributed by atoms with van der Waals surface area (Å²) in [5.41, 5.74) is 2.38. The lowest BCUT2D eigenvalue weighted by molar-refractivity contribution is 0.411. The molecular weight excluding hydrogens is 364 g/mol. The molecule has 3 aromatic rings. The van der Waals surface area contributed by atoms with Crippen LogP contribution in [-0.4, -0.2) is 16.7 Å². The van der Waals surface area contributed by atoms with Crippen molar-refractivity contribution in [2.75, 3.05) is 7.11 Å². The Morgan fingerprint density at radius 3 is 3.04 bits per heavy atom. The molecule has 1 aliphatic carbocycles. The molecule has 0 radical (unpaired) electrons. The fourth-order valence-electron chi connectivity index (χ4n) is 3.42. The molecule has 0 saturated heterocycles. The second-order valence-electron chi connectivity index (χ2n) is 6.24. The van der Waals surface area contributed by atoms with Gasteiger partial charge in [-0.25, -0.2) is 4.98 Å². The van der Waals surface area contributed by atoms with Crippen LogP contribution >= 0.6 is 23.1 Å². The number of thioether (sulfide) groups is 1. The van der Waals surface area contributed by atoms with Crippen molar-refractivity contribution >= 4 is 33.3 Å². The van der Waals surface area contributed by atoms with Crippen LogP contribution < -0.4 is 10.3 Å². The van der Waals surface area contributed by atoms with Gasteiger partial charge in [-0.1, -0.05) is 36.0 Å². The molecule has 134 valence electrons. The zero-order valence-corrected chi connectivity index (χ0v) is 16.3. The van der Waals surface area contributed by atoms with E-state index >= 15 is 0 Å². The van der Waals surface area contributed by atoms with E-state index in [1.165, 1.54) is 10.4 Å². The summed E-state index contributed by atoms with van der Waals surface area (Å²) >= 11 is 3.25. The van der Waals surface area contributed by atoms with Crippen LogP contribution in [0.5, 0.6) is 5.75 Å². The number of nitrogens with zero attached hydrogens (tertiary/aromatic N) is 2. The molecule has 0 amide bonds. The highest BCUT2D eigenvalue weighted by Gasteiger charge is 2.23. The largest absolute Gasteiger partial charge is 0.496 e. The first-order valence-corrected chi connectivity index (χ1v) is 10.4. The monoisotopic (exact) mass is 384 g/mol.